The topological polar surface area (TPSA) is 25.8 Å². The summed E-state index contributed by atoms with van der Waals surface area (Å²) in [5.74, 6) is 0.720. The molecule has 0 bridgehead atoms. The number of aromatic nitrogens is 2. The molecule has 0 radical (unpaired) electrons. The standard InChI is InChI=1S/C16H11ClN2/c17-14-8-4-7-13(11-14)15-9-10-18-16(19-15)12-5-2-1-3-6-12/h1-11H. The molecular weight excluding hydrogens is 256 g/mol. The molecule has 0 saturated heterocycles. The van der Waals surface area contributed by atoms with E-state index in [0.29, 0.717) is 5.02 Å². The lowest BCUT2D eigenvalue weighted by atomic mass is 10.1. The first-order chi connectivity index (χ1) is 9.33. The Kier molecular flexibility index (Phi) is 3.25. The Morgan fingerprint density at radius 3 is 2.37 bits per heavy atom. The van der Waals surface area contributed by atoms with Gasteiger partial charge in [0.25, 0.3) is 0 Å². The average molecular weight is 267 g/mol. The SMILES string of the molecule is Clc1cccc(-c2ccnc(-c3ccccc3)n2)c1. The highest BCUT2D eigenvalue weighted by atomic mass is 35.5. The fraction of sp³-hybridized carbons (Fsp3) is 0. The highest BCUT2D eigenvalue weighted by Crippen LogP contribution is 2.22. The van der Waals surface area contributed by atoms with Gasteiger partial charge in [0.1, 0.15) is 0 Å². The van der Waals surface area contributed by atoms with E-state index < -0.39 is 0 Å². The molecule has 1 heterocycles. The van der Waals surface area contributed by atoms with E-state index in [0.717, 1.165) is 22.6 Å². The van der Waals surface area contributed by atoms with Gasteiger partial charge in [0.2, 0.25) is 0 Å². The molecule has 0 fully saturated rings. The predicted molar refractivity (Wildman–Crippen MR) is 77.9 cm³/mol. The number of nitrogens with zero attached hydrogens (tertiary/aromatic N) is 2. The van der Waals surface area contributed by atoms with E-state index in [-0.39, 0.29) is 0 Å². The minimum Gasteiger partial charge on any atom is -0.237 e. The molecule has 2 nitrogen and oxygen atoms in total. The fourth-order valence-electron chi connectivity index (χ4n) is 1.89. The normalized spacial score (nSPS) is 10.4. The van der Waals surface area contributed by atoms with Crippen LogP contribution in [0.1, 0.15) is 0 Å². The number of hydrogen-bond donors (Lipinski definition) is 0. The zero-order valence-electron chi connectivity index (χ0n) is 10.1. The van der Waals surface area contributed by atoms with Crippen LogP contribution in [0.25, 0.3) is 22.6 Å². The van der Waals surface area contributed by atoms with Crippen LogP contribution in [0.2, 0.25) is 5.02 Å². The number of hydrogen-bond acceptors (Lipinski definition) is 2. The monoisotopic (exact) mass is 266 g/mol. The number of halogens is 1. The molecule has 1 aromatic heterocycles. The Hall–Kier alpha value is -2.19. The van der Waals surface area contributed by atoms with Crippen LogP contribution < -0.4 is 0 Å². The lowest BCUT2D eigenvalue weighted by Gasteiger charge is -2.04. The van der Waals surface area contributed by atoms with Crippen LogP contribution in [0.4, 0.5) is 0 Å². The minimum atomic E-state index is 0.706. The lowest BCUT2D eigenvalue weighted by molar-refractivity contribution is 1.18. The molecule has 2 aromatic carbocycles. The van der Waals surface area contributed by atoms with Gasteiger partial charge >= 0.3 is 0 Å². The van der Waals surface area contributed by atoms with Gasteiger partial charge in [0, 0.05) is 22.3 Å². The van der Waals surface area contributed by atoms with Gasteiger partial charge in [0.15, 0.2) is 5.82 Å². The second-order valence-corrected chi connectivity index (χ2v) is 4.58. The molecule has 19 heavy (non-hydrogen) atoms. The maximum absolute atomic E-state index is 6.01. The van der Waals surface area contributed by atoms with Gasteiger partial charge in [-0.1, -0.05) is 54.1 Å². The van der Waals surface area contributed by atoms with Gasteiger partial charge in [0.05, 0.1) is 5.69 Å². The van der Waals surface area contributed by atoms with Crippen LogP contribution in [0.5, 0.6) is 0 Å². The first-order valence-electron chi connectivity index (χ1n) is 5.97. The van der Waals surface area contributed by atoms with Crippen LogP contribution in [-0.2, 0) is 0 Å². The molecule has 92 valence electrons. The number of benzene rings is 2. The maximum Gasteiger partial charge on any atom is 0.159 e. The first kappa shape index (κ1) is 11.9. The molecule has 0 atom stereocenters. The molecule has 0 amide bonds. The maximum atomic E-state index is 6.01. The average Bonchev–Trinajstić information content (AvgIpc) is 2.48. The number of rotatable bonds is 2. The summed E-state index contributed by atoms with van der Waals surface area (Å²) >= 11 is 6.01. The van der Waals surface area contributed by atoms with E-state index in [9.17, 15) is 0 Å². The van der Waals surface area contributed by atoms with Crippen molar-refractivity contribution in [1.29, 1.82) is 0 Å². The molecule has 0 N–H and O–H groups in total. The van der Waals surface area contributed by atoms with Gasteiger partial charge in [-0.05, 0) is 18.2 Å². The summed E-state index contributed by atoms with van der Waals surface area (Å²) in [6.07, 6.45) is 1.77. The third-order valence-electron chi connectivity index (χ3n) is 2.81. The molecule has 3 rings (SSSR count). The van der Waals surface area contributed by atoms with E-state index in [4.69, 9.17) is 11.6 Å². The summed E-state index contributed by atoms with van der Waals surface area (Å²) in [6, 6.07) is 19.5. The summed E-state index contributed by atoms with van der Waals surface area (Å²) in [7, 11) is 0. The molecule has 0 aliphatic carbocycles. The molecule has 0 aliphatic rings. The highest BCUT2D eigenvalue weighted by molar-refractivity contribution is 6.30. The smallest absolute Gasteiger partial charge is 0.159 e. The van der Waals surface area contributed by atoms with Gasteiger partial charge in [-0.15, -0.1) is 0 Å². The van der Waals surface area contributed by atoms with Crippen molar-refractivity contribution in [3.05, 3.63) is 71.9 Å². The van der Waals surface area contributed by atoms with Crippen molar-refractivity contribution < 1.29 is 0 Å². The largest absolute Gasteiger partial charge is 0.237 e. The van der Waals surface area contributed by atoms with Crippen molar-refractivity contribution in [2.24, 2.45) is 0 Å². The molecular formula is C16H11ClN2. The second-order valence-electron chi connectivity index (χ2n) is 4.14. The van der Waals surface area contributed by atoms with Crippen LogP contribution in [0.15, 0.2) is 66.9 Å². The van der Waals surface area contributed by atoms with Gasteiger partial charge in [-0.2, -0.15) is 0 Å². The van der Waals surface area contributed by atoms with E-state index in [2.05, 4.69) is 9.97 Å². The summed E-state index contributed by atoms with van der Waals surface area (Å²) in [5.41, 5.74) is 2.87. The van der Waals surface area contributed by atoms with Crippen molar-refractivity contribution >= 4 is 11.6 Å². The zero-order valence-corrected chi connectivity index (χ0v) is 10.9. The molecule has 0 saturated carbocycles. The van der Waals surface area contributed by atoms with E-state index >= 15 is 0 Å². The van der Waals surface area contributed by atoms with Crippen molar-refractivity contribution in [3.63, 3.8) is 0 Å². The van der Waals surface area contributed by atoms with Crippen LogP contribution in [0, 0.1) is 0 Å². The van der Waals surface area contributed by atoms with Crippen LogP contribution in [-0.4, -0.2) is 9.97 Å². The molecule has 3 aromatic rings. The summed E-state index contributed by atoms with van der Waals surface area (Å²) < 4.78 is 0. The molecule has 0 unspecified atom stereocenters. The summed E-state index contributed by atoms with van der Waals surface area (Å²) in [4.78, 5) is 8.90. The summed E-state index contributed by atoms with van der Waals surface area (Å²) in [6.45, 7) is 0. The Morgan fingerprint density at radius 1 is 0.789 bits per heavy atom. The van der Waals surface area contributed by atoms with Gasteiger partial charge in [-0.3, -0.25) is 0 Å². The van der Waals surface area contributed by atoms with Crippen molar-refractivity contribution in [3.8, 4) is 22.6 Å². The van der Waals surface area contributed by atoms with Gasteiger partial charge in [-0.25, -0.2) is 9.97 Å². The Morgan fingerprint density at radius 2 is 1.58 bits per heavy atom. The van der Waals surface area contributed by atoms with Crippen LogP contribution in [0.3, 0.4) is 0 Å². The van der Waals surface area contributed by atoms with Crippen molar-refractivity contribution in [2.45, 2.75) is 0 Å². The first-order valence-corrected chi connectivity index (χ1v) is 6.35. The Bertz CT molecular complexity index is 696. The van der Waals surface area contributed by atoms with E-state index in [1.54, 1.807) is 6.20 Å². The molecule has 0 spiro atoms. The predicted octanol–water partition coefficient (Wildman–Crippen LogP) is 4.46. The second kappa shape index (κ2) is 5.21. The lowest BCUT2D eigenvalue weighted by Crippen LogP contribution is -1.91. The van der Waals surface area contributed by atoms with Crippen molar-refractivity contribution in [1.82, 2.24) is 9.97 Å². The highest BCUT2D eigenvalue weighted by Gasteiger charge is 2.04. The Labute approximate surface area is 116 Å². The third-order valence-corrected chi connectivity index (χ3v) is 3.04. The van der Waals surface area contributed by atoms with E-state index in [1.165, 1.54) is 0 Å². The van der Waals surface area contributed by atoms with Crippen LogP contribution >= 0.6 is 11.6 Å². The van der Waals surface area contributed by atoms with Gasteiger partial charge < -0.3 is 0 Å². The van der Waals surface area contributed by atoms with Crippen molar-refractivity contribution in [2.75, 3.05) is 0 Å². The Balaban J connectivity index is 2.06. The molecule has 0 aliphatic heterocycles. The third kappa shape index (κ3) is 2.64. The minimum absolute atomic E-state index is 0.706. The zero-order chi connectivity index (χ0) is 13.1. The quantitative estimate of drug-likeness (QED) is 0.684. The summed E-state index contributed by atoms with van der Waals surface area (Å²) in [5, 5.41) is 0.706. The molecule has 3 heteroatoms. The fourth-order valence-corrected chi connectivity index (χ4v) is 2.08. The van der Waals surface area contributed by atoms with E-state index in [1.807, 2.05) is 60.7 Å².